The molecule has 1 aliphatic rings. The predicted molar refractivity (Wildman–Crippen MR) is 123 cm³/mol. The molecule has 38 heavy (non-hydrogen) atoms. The molecule has 16 heteroatoms. The molecular weight excluding hydrogens is 544 g/mol. The van der Waals surface area contributed by atoms with Gasteiger partial charge in [0.25, 0.3) is 5.95 Å². The number of benzene rings is 1. The van der Waals surface area contributed by atoms with E-state index < -0.39 is 41.8 Å². The molecule has 0 unspecified atom stereocenters. The molecule has 1 aliphatic heterocycles. The average Bonchev–Trinajstić information content (AvgIpc) is 3.25. The van der Waals surface area contributed by atoms with Gasteiger partial charge in [0.2, 0.25) is 0 Å². The van der Waals surface area contributed by atoms with Crippen LogP contribution < -0.4 is 9.80 Å². The summed E-state index contributed by atoms with van der Waals surface area (Å²) in [6, 6.07) is 2.86. The molecule has 0 bridgehead atoms. The summed E-state index contributed by atoms with van der Waals surface area (Å²) in [4.78, 5) is 19.2. The lowest BCUT2D eigenvalue weighted by molar-refractivity contribution is -0.141. The van der Waals surface area contributed by atoms with Gasteiger partial charge in [0.1, 0.15) is 5.69 Å². The van der Waals surface area contributed by atoms with Crippen LogP contribution in [0.2, 0.25) is 5.02 Å². The number of pyridine rings is 1. The van der Waals surface area contributed by atoms with Crippen molar-refractivity contribution in [3.63, 3.8) is 0 Å². The van der Waals surface area contributed by atoms with E-state index in [9.17, 15) is 36.2 Å². The van der Waals surface area contributed by atoms with Crippen LogP contribution in [0.15, 0.2) is 30.3 Å². The minimum Gasteiger partial charge on any atom is -0.465 e. The highest BCUT2D eigenvalue weighted by molar-refractivity contribution is 6.30. The summed E-state index contributed by atoms with van der Waals surface area (Å²) in [5.74, 6) is -0.102. The van der Waals surface area contributed by atoms with Gasteiger partial charge >= 0.3 is 18.4 Å². The number of aromatic nitrogens is 5. The zero-order chi connectivity index (χ0) is 28.0. The summed E-state index contributed by atoms with van der Waals surface area (Å²) in [6.07, 6.45) is -10.7. The van der Waals surface area contributed by atoms with Gasteiger partial charge in [0, 0.05) is 17.6 Å². The summed E-state index contributed by atoms with van der Waals surface area (Å²) in [6.45, 7) is 1.39. The van der Waals surface area contributed by atoms with E-state index in [4.69, 9.17) is 11.6 Å². The Morgan fingerprint density at radius 2 is 1.87 bits per heavy atom. The smallest absolute Gasteiger partial charge is 0.433 e. The van der Waals surface area contributed by atoms with Gasteiger partial charge in [-0.1, -0.05) is 23.6 Å². The van der Waals surface area contributed by atoms with Crippen LogP contribution >= 0.6 is 11.6 Å². The highest BCUT2D eigenvalue weighted by atomic mass is 35.5. The Bertz CT molecular complexity index is 1350. The second-order valence-electron chi connectivity index (χ2n) is 8.62. The van der Waals surface area contributed by atoms with Crippen molar-refractivity contribution in [2.75, 3.05) is 9.80 Å². The maximum atomic E-state index is 13.6. The Labute approximate surface area is 216 Å². The van der Waals surface area contributed by atoms with Crippen molar-refractivity contribution in [1.82, 2.24) is 25.2 Å². The van der Waals surface area contributed by atoms with Gasteiger partial charge in [-0.25, -0.2) is 9.78 Å². The maximum absolute atomic E-state index is 13.6. The highest BCUT2D eigenvalue weighted by Gasteiger charge is 2.43. The lowest BCUT2D eigenvalue weighted by atomic mass is 9.91. The third-order valence-corrected chi connectivity index (χ3v) is 6.29. The molecular formula is C22H20ClF6N7O2. The van der Waals surface area contributed by atoms with Crippen molar-refractivity contribution in [1.29, 1.82) is 0 Å². The van der Waals surface area contributed by atoms with E-state index in [1.165, 1.54) is 18.0 Å². The van der Waals surface area contributed by atoms with Crippen molar-refractivity contribution in [3.05, 3.63) is 57.9 Å². The number of aryl methyl sites for hydroxylation is 1. The minimum atomic E-state index is -4.83. The van der Waals surface area contributed by atoms with Crippen molar-refractivity contribution in [2.45, 2.75) is 50.7 Å². The van der Waals surface area contributed by atoms with Gasteiger partial charge in [-0.2, -0.15) is 31.1 Å². The summed E-state index contributed by atoms with van der Waals surface area (Å²) in [5.41, 5.74) is -2.52. The Morgan fingerprint density at radius 3 is 2.42 bits per heavy atom. The van der Waals surface area contributed by atoms with Crippen LogP contribution in [0.25, 0.3) is 0 Å². The number of rotatable bonds is 5. The molecule has 1 N–H and O–H groups in total. The Balaban J connectivity index is 1.90. The van der Waals surface area contributed by atoms with Crippen molar-refractivity contribution < 1.29 is 36.2 Å². The predicted octanol–water partition coefficient (Wildman–Crippen LogP) is 5.71. The van der Waals surface area contributed by atoms with Crippen molar-refractivity contribution in [3.8, 4) is 0 Å². The minimum absolute atomic E-state index is 0.0466. The first-order chi connectivity index (χ1) is 17.7. The number of hydrogen-bond acceptors (Lipinski definition) is 6. The quantitative estimate of drug-likeness (QED) is 0.397. The number of amides is 1. The van der Waals surface area contributed by atoms with E-state index in [1.807, 2.05) is 0 Å². The molecule has 0 saturated heterocycles. The van der Waals surface area contributed by atoms with E-state index in [1.54, 1.807) is 6.92 Å². The fraction of sp³-hybridized carbons (Fsp3) is 0.409. The summed E-state index contributed by atoms with van der Waals surface area (Å²) in [5, 5.41) is 21.4. The molecule has 0 aliphatic carbocycles. The molecule has 1 amide bonds. The second-order valence-corrected chi connectivity index (χ2v) is 9.05. The van der Waals surface area contributed by atoms with Crippen molar-refractivity contribution >= 4 is 29.3 Å². The SMILES string of the molecule is CC[C@@H]1C[C@H](N(Cc2cc(Cl)cc(C(F)(F)F)c2)c2nnn(C)n2)c2nc(C(F)(F)F)ccc2N1C(=O)O. The van der Waals surface area contributed by atoms with Gasteiger partial charge in [-0.05, 0) is 54.0 Å². The van der Waals surface area contributed by atoms with E-state index in [-0.39, 0.29) is 40.9 Å². The molecule has 9 nitrogen and oxygen atoms in total. The van der Waals surface area contributed by atoms with Crippen molar-refractivity contribution in [2.24, 2.45) is 7.05 Å². The number of tetrazole rings is 1. The number of nitrogens with zero attached hydrogens (tertiary/aromatic N) is 7. The summed E-state index contributed by atoms with van der Waals surface area (Å²) < 4.78 is 81.1. The standard InChI is InChI=1S/C22H20ClF6N7O2/c1-3-14-9-16(18-15(36(14)20(37)38)4-5-17(30-18)22(27,28)29)35(19-31-33-34(2)32-19)10-11-6-12(21(24,25)26)8-13(23)7-11/h4-8,14,16H,3,9-10H2,1-2H3,(H,37,38)/t14-,16+/m1/s1. The number of fused-ring (bicyclic) bond motifs is 1. The molecule has 0 radical (unpaired) electrons. The topological polar surface area (TPSA) is 100 Å². The average molecular weight is 564 g/mol. The van der Waals surface area contributed by atoms with Gasteiger partial charge in [-0.3, -0.25) is 4.90 Å². The molecule has 3 aromatic rings. The first kappa shape index (κ1) is 27.4. The monoisotopic (exact) mass is 563 g/mol. The Morgan fingerprint density at radius 1 is 1.16 bits per heavy atom. The third-order valence-electron chi connectivity index (χ3n) is 6.07. The number of halogens is 7. The molecule has 4 rings (SSSR count). The lowest BCUT2D eigenvalue weighted by Crippen LogP contribution is -2.47. The van der Waals surface area contributed by atoms with Crippen LogP contribution in [0.1, 0.15) is 48.3 Å². The summed E-state index contributed by atoms with van der Waals surface area (Å²) >= 11 is 5.95. The zero-order valence-corrected chi connectivity index (χ0v) is 20.6. The molecule has 0 spiro atoms. The highest BCUT2D eigenvalue weighted by Crippen LogP contribution is 2.44. The molecule has 0 saturated carbocycles. The molecule has 2 atom stereocenters. The first-order valence-corrected chi connectivity index (χ1v) is 11.5. The fourth-order valence-electron chi connectivity index (χ4n) is 4.44. The molecule has 1 aromatic carbocycles. The maximum Gasteiger partial charge on any atom is 0.433 e. The van der Waals surface area contributed by atoms with Gasteiger partial charge in [0.05, 0.1) is 30.0 Å². The van der Waals surface area contributed by atoms with E-state index in [2.05, 4.69) is 20.4 Å². The van der Waals surface area contributed by atoms with Gasteiger partial charge in [-0.15, -0.1) is 5.10 Å². The normalized spacial score (nSPS) is 17.9. The molecule has 2 aromatic heterocycles. The Kier molecular flexibility index (Phi) is 7.16. The number of carbonyl (C=O) groups is 1. The van der Waals surface area contributed by atoms with E-state index >= 15 is 0 Å². The van der Waals surface area contributed by atoms with Crippen LogP contribution in [0, 0.1) is 0 Å². The molecule has 204 valence electrons. The van der Waals surface area contributed by atoms with Crippen LogP contribution in [0.4, 0.5) is 42.8 Å². The van der Waals surface area contributed by atoms with Gasteiger partial charge < -0.3 is 10.0 Å². The lowest BCUT2D eigenvalue weighted by Gasteiger charge is -2.42. The second kappa shape index (κ2) is 9.93. The third kappa shape index (κ3) is 5.47. The number of anilines is 2. The fourth-order valence-corrected chi connectivity index (χ4v) is 4.70. The molecule has 3 heterocycles. The zero-order valence-electron chi connectivity index (χ0n) is 19.8. The van der Waals surface area contributed by atoms with Crippen LogP contribution in [-0.2, 0) is 25.9 Å². The number of hydrogen-bond donors (Lipinski definition) is 1. The number of alkyl halides is 6. The van der Waals surface area contributed by atoms with Gasteiger partial charge in [0.15, 0.2) is 0 Å². The first-order valence-electron chi connectivity index (χ1n) is 11.2. The molecule has 0 fully saturated rings. The van der Waals surface area contributed by atoms with E-state index in [0.717, 1.165) is 27.9 Å². The van der Waals surface area contributed by atoms with Crippen LogP contribution in [-0.4, -0.2) is 42.4 Å². The van der Waals surface area contributed by atoms with Crippen LogP contribution in [0.5, 0.6) is 0 Å². The number of carboxylic acid groups (broad SMARTS) is 1. The summed E-state index contributed by atoms with van der Waals surface area (Å²) in [7, 11) is 1.44. The van der Waals surface area contributed by atoms with E-state index in [0.29, 0.717) is 12.5 Å². The largest absolute Gasteiger partial charge is 0.465 e. The van der Waals surface area contributed by atoms with Crippen LogP contribution in [0.3, 0.4) is 0 Å². The Hall–Kier alpha value is -3.62.